The first kappa shape index (κ1) is 35.3. The molecule has 0 spiro atoms. The maximum Gasteiger partial charge on any atom is 0.194 e. The van der Waals surface area contributed by atoms with E-state index in [1.807, 2.05) is 0 Å². The van der Waals surface area contributed by atoms with Gasteiger partial charge in [0.1, 0.15) is 45.9 Å². The number of ketones is 1. The molecule has 276 valence electrons. The van der Waals surface area contributed by atoms with E-state index in [-0.39, 0.29) is 39.9 Å². The Balaban J connectivity index is 1.38. The number of ether oxygens (including phenoxy) is 2. The van der Waals surface area contributed by atoms with Gasteiger partial charge < -0.3 is 38.9 Å². The molecule has 0 unspecified atom stereocenters. The molecule has 6 aromatic carbocycles. The largest absolute Gasteiger partial charge is 0.508 e. The quantitative estimate of drug-likeness (QED) is 0.0984. The SMILES string of the molecule is COc1ccc(C(=O)c2ccc(OC)cc2-c2c(-c3ccc(O)cc3)noc2-c2ccc(O)cc2)c(-c2c(-c3ccc(O)cc3)noc2-c2ccc(O)cc2)c1. The van der Waals surface area contributed by atoms with Crippen LogP contribution in [0.2, 0.25) is 0 Å². The van der Waals surface area contributed by atoms with Gasteiger partial charge in [0.15, 0.2) is 17.3 Å². The standard InChI is InChI=1S/C45H32N2O9/c1-53-33-19-21-35(37(23-33)39-41(25-3-11-29(48)12-4-25)46-55-44(39)27-7-15-31(50)16-8-27)43(52)36-22-20-34(54-2)24-38(36)40-42(26-5-13-30(49)14-6-26)47-56-45(40)28-9-17-32(51)18-10-28/h3-24,48-51H,1-2H3. The van der Waals surface area contributed by atoms with E-state index in [4.69, 9.17) is 18.5 Å². The topological polar surface area (TPSA) is 169 Å². The predicted octanol–water partition coefficient (Wildman–Crippen LogP) is 9.74. The van der Waals surface area contributed by atoms with Crippen LogP contribution in [0.3, 0.4) is 0 Å². The van der Waals surface area contributed by atoms with Crippen LogP contribution in [0.5, 0.6) is 34.5 Å². The third kappa shape index (κ3) is 6.54. The summed E-state index contributed by atoms with van der Waals surface area (Å²) in [5, 5.41) is 49.3. The first-order chi connectivity index (χ1) is 27.2. The first-order valence-electron chi connectivity index (χ1n) is 17.3. The summed E-state index contributed by atoms with van der Waals surface area (Å²) in [6.07, 6.45) is 0. The van der Waals surface area contributed by atoms with Gasteiger partial charge >= 0.3 is 0 Å². The second-order valence-corrected chi connectivity index (χ2v) is 12.8. The Morgan fingerprint density at radius 3 is 1.11 bits per heavy atom. The fourth-order valence-corrected chi connectivity index (χ4v) is 6.59. The van der Waals surface area contributed by atoms with E-state index in [0.29, 0.717) is 78.9 Å². The molecule has 11 nitrogen and oxygen atoms in total. The highest BCUT2D eigenvalue weighted by Crippen LogP contribution is 2.46. The molecular weight excluding hydrogens is 712 g/mol. The fourth-order valence-electron chi connectivity index (χ4n) is 6.59. The summed E-state index contributed by atoms with van der Waals surface area (Å²) in [6, 6.07) is 36.0. The summed E-state index contributed by atoms with van der Waals surface area (Å²) in [5.74, 6) is 1.44. The van der Waals surface area contributed by atoms with E-state index in [1.54, 1.807) is 84.9 Å². The van der Waals surface area contributed by atoms with Crippen molar-refractivity contribution in [3.05, 3.63) is 145 Å². The molecule has 8 rings (SSSR count). The smallest absolute Gasteiger partial charge is 0.194 e. The van der Waals surface area contributed by atoms with Crippen LogP contribution in [0.4, 0.5) is 0 Å². The van der Waals surface area contributed by atoms with Gasteiger partial charge in [0.2, 0.25) is 0 Å². The van der Waals surface area contributed by atoms with Crippen molar-refractivity contribution in [3.63, 3.8) is 0 Å². The van der Waals surface area contributed by atoms with Gasteiger partial charge in [-0.2, -0.15) is 0 Å². The van der Waals surface area contributed by atoms with Crippen molar-refractivity contribution in [2.24, 2.45) is 0 Å². The number of aromatic hydroxyl groups is 4. The Bertz CT molecular complexity index is 2380. The zero-order chi connectivity index (χ0) is 38.9. The highest BCUT2D eigenvalue weighted by Gasteiger charge is 2.30. The van der Waals surface area contributed by atoms with E-state index in [2.05, 4.69) is 10.3 Å². The molecule has 0 radical (unpaired) electrons. The van der Waals surface area contributed by atoms with Gasteiger partial charge in [-0.05, 0) is 133 Å². The molecule has 0 fully saturated rings. The number of benzene rings is 6. The van der Waals surface area contributed by atoms with Crippen LogP contribution in [-0.4, -0.2) is 50.7 Å². The fraction of sp³-hybridized carbons (Fsp3) is 0.0444. The number of rotatable bonds is 10. The van der Waals surface area contributed by atoms with Crippen LogP contribution >= 0.6 is 0 Å². The Kier molecular flexibility index (Phi) is 9.17. The predicted molar refractivity (Wildman–Crippen MR) is 209 cm³/mol. The lowest BCUT2D eigenvalue weighted by Gasteiger charge is -2.16. The van der Waals surface area contributed by atoms with Crippen LogP contribution in [0.15, 0.2) is 143 Å². The Morgan fingerprint density at radius 2 is 0.786 bits per heavy atom. The minimum atomic E-state index is -0.385. The van der Waals surface area contributed by atoms with Crippen molar-refractivity contribution in [3.8, 4) is 102 Å². The van der Waals surface area contributed by atoms with Gasteiger partial charge in [-0.1, -0.05) is 10.3 Å². The van der Waals surface area contributed by atoms with E-state index in [9.17, 15) is 20.4 Å². The summed E-state index contributed by atoms with van der Waals surface area (Å²) in [5.41, 5.74) is 5.55. The molecule has 4 N–H and O–H groups in total. The van der Waals surface area contributed by atoms with Crippen molar-refractivity contribution in [2.45, 2.75) is 0 Å². The first-order valence-corrected chi connectivity index (χ1v) is 17.3. The van der Waals surface area contributed by atoms with E-state index >= 15 is 4.79 Å². The number of carbonyl (C=O) groups is 1. The van der Waals surface area contributed by atoms with E-state index < -0.39 is 0 Å². The summed E-state index contributed by atoms with van der Waals surface area (Å²) < 4.78 is 23.4. The number of hydrogen-bond donors (Lipinski definition) is 4. The number of carbonyl (C=O) groups excluding carboxylic acids is 1. The van der Waals surface area contributed by atoms with E-state index in [0.717, 1.165) is 0 Å². The molecule has 11 heteroatoms. The minimum absolute atomic E-state index is 0.0601. The normalized spacial score (nSPS) is 11.0. The van der Waals surface area contributed by atoms with Crippen molar-refractivity contribution in [1.82, 2.24) is 10.3 Å². The molecule has 0 saturated heterocycles. The molecule has 0 saturated carbocycles. The molecular formula is C45H32N2O9. The molecule has 0 aliphatic heterocycles. The Labute approximate surface area is 319 Å². The zero-order valence-corrected chi connectivity index (χ0v) is 29.9. The highest BCUT2D eigenvalue weighted by atomic mass is 16.5. The number of hydrogen-bond acceptors (Lipinski definition) is 11. The van der Waals surface area contributed by atoms with Crippen LogP contribution < -0.4 is 9.47 Å². The van der Waals surface area contributed by atoms with Gasteiger partial charge in [-0.15, -0.1) is 0 Å². The third-order valence-electron chi connectivity index (χ3n) is 9.41. The van der Waals surface area contributed by atoms with E-state index in [1.165, 1.54) is 62.8 Å². The molecule has 0 atom stereocenters. The van der Waals surface area contributed by atoms with Crippen LogP contribution in [0.1, 0.15) is 15.9 Å². The van der Waals surface area contributed by atoms with Gasteiger partial charge in [0, 0.05) is 44.5 Å². The molecule has 0 amide bonds. The Hall–Kier alpha value is -7.79. The van der Waals surface area contributed by atoms with Gasteiger partial charge in [-0.3, -0.25) is 4.79 Å². The van der Waals surface area contributed by atoms with Gasteiger partial charge in [0.25, 0.3) is 0 Å². The number of phenols is 4. The molecule has 0 aliphatic carbocycles. The van der Waals surface area contributed by atoms with Gasteiger partial charge in [-0.25, -0.2) is 0 Å². The van der Waals surface area contributed by atoms with Crippen LogP contribution in [-0.2, 0) is 0 Å². The van der Waals surface area contributed by atoms with Crippen molar-refractivity contribution >= 4 is 5.78 Å². The second kappa shape index (κ2) is 14.6. The molecule has 2 aromatic heterocycles. The maximum atomic E-state index is 15.3. The van der Waals surface area contributed by atoms with Crippen molar-refractivity contribution in [1.29, 1.82) is 0 Å². The Morgan fingerprint density at radius 1 is 0.464 bits per heavy atom. The average molecular weight is 745 g/mol. The lowest BCUT2D eigenvalue weighted by Crippen LogP contribution is -2.07. The summed E-state index contributed by atoms with van der Waals surface area (Å²) in [7, 11) is 3.05. The second-order valence-electron chi connectivity index (χ2n) is 12.8. The average Bonchev–Trinajstić information content (AvgIpc) is 3.87. The summed E-state index contributed by atoms with van der Waals surface area (Å²) in [4.78, 5) is 15.3. The number of aromatic nitrogens is 2. The van der Waals surface area contributed by atoms with Crippen LogP contribution in [0.25, 0.3) is 67.4 Å². The van der Waals surface area contributed by atoms with Crippen molar-refractivity contribution in [2.75, 3.05) is 14.2 Å². The minimum Gasteiger partial charge on any atom is -0.508 e. The molecule has 0 aliphatic rings. The molecule has 8 aromatic rings. The number of nitrogens with zero attached hydrogens (tertiary/aromatic N) is 2. The number of phenolic OH excluding ortho intramolecular Hbond substituents is 4. The maximum absolute atomic E-state index is 15.3. The third-order valence-corrected chi connectivity index (χ3v) is 9.41. The number of methoxy groups -OCH3 is 2. The zero-order valence-electron chi connectivity index (χ0n) is 29.9. The van der Waals surface area contributed by atoms with Crippen LogP contribution in [0, 0.1) is 0 Å². The highest BCUT2D eigenvalue weighted by molar-refractivity contribution is 6.18. The monoisotopic (exact) mass is 744 g/mol. The molecule has 56 heavy (non-hydrogen) atoms. The van der Waals surface area contributed by atoms with Gasteiger partial charge in [0.05, 0.1) is 25.3 Å². The molecule has 0 bridgehead atoms. The summed E-state index contributed by atoms with van der Waals surface area (Å²) >= 11 is 0. The van der Waals surface area contributed by atoms with Crippen molar-refractivity contribution < 1.29 is 43.7 Å². The molecule has 2 heterocycles. The summed E-state index contributed by atoms with van der Waals surface area (Å²) in [6.45, 7) is 0. The lowest BCUT2D eigenvalue weighted by molar-refractivity contribution is 0.104. The lowest BCUT2D eigenvalue weighted by atomic mass is 9.86.